The highest BCUT2D eigenvalue weighted by Gasteiger charge is 2.15. The fraction of sp³-hybridized carbons (Fsp3) is 0.208. The first-order valence-corrected chi connectivity index (χ1v) is 11.1. The number of nitrogens with one attached hydrogen (secondary N) is 2. The van der Waals surface area contributed by atoms with E-state index in [4.69, 9.17) is 5.10 Å². The van der Waals surface area contributed by atoms with E-state index in [1.807, 2.05) is 74.1 Å². The molecule has 0 bridgehead atoms. The largest absolute Gasteiger partial charge is 0.385 e. The van der Waals surface area contributed by atoms with Crippen molar-refractivity contribution in [2.75, 3.05) is 18.9 Å². The number of fused-ring (bicyclic) bond motifs is 1. The smallest absolute Gasteiger partial charge is 0.251 e. The summed E-state index contributed by atoms with van der Waals surface area (Å²) in [6.45, 7) is 4.67. The van der Waals surface area contributed by atoms with Crippen LogP contribution in [0.5, 0.6) is 0 Å². The molecule has 0 fully saturated rings. The van der Waals surface area contributed by atoms with E-state index in [0.717, 1.165) is 44.5 Å². The van der Waals surface area contributed by atoms with Crippen molar-refractivity contribution in [1.82, 2.24) is 19.9 Å². The third-order valence-corrected chi connectivity index (χ3v) is 5.90. The number of anilines is 1. The van der Waals surface area contributed by atoms with Gasteiger partial charge >= 0.3 is 0 Å². The van der Waals surface area contributed by atoms with Gasteiger partial charge in [0.05, 0.1) is 17.6 Å². The fourth-order valence-electron chi connectivity index (χ4n) is 3.40. The topological polar surface area (TPSA) is 71.3 Å². The van der Waals surface area contributed by atoms with Crippen LogP contribution in [0.3, 0.4) is 0 Å². The van der Waals surface area contributed by atoms with Gasteiger partial charge < -0.3 is 10.6 Å². The number of benzene rings is 2. The molecule has 7 heteroatoms. The molecule has 0 saturated carbocycles. The number of aromatic nitrogens is 3. The van der Waals surface area contributed by atoms with Gasteiger partial charge in [-0.05, 0) is 49.2 Å². The zero-order valence-electron chi connectivity index (χ0n) is 17.8. The Morgan fingerprint density at radius 3 is 2.65 bits per heavy atom. The van der Waals surface area contributed by atoms with Crippen molar-refractivity contribution in [3.05, 3.63) is 71.9 Å². The lowest BCUT2D eigenvalue weighted by atomic mass is 10.0. The Bertz CT molecular complexity index is 1220. The standard InChI is InChI=1S/C24H25N5OS/c1-4-12-26-24(30)19-11-10-17(13-16(19)2)21-15-27-23-20(25-3)14-22(28-29(21)23)31-18-8-6-5-7-9-18/h5-11,13-15,25H,4,12H2,1-3H3,(H,26,30). The molecular formula is C24H25N5OS. The molecule has 4 aromatic rings. The molecule has 0 radical (unpaired) electrons. The predicted octanol–water partition coefficient (Wildman–Crippen LogP) is 5.04. The minimum Gasteiger partial charge on any atom is -0.385 e. The number of hydrogen-bond donors (Lipinski definition) is 2. The summed E-state index contributed by atoms with van der Waals surface area (Å²) >= 11 is 1.60. The number of amides is 1. The van der Waals surface area contributed by atoms with E-state index in [1.54, 1.807) is 11.8 Å². The summed E-state index contributed by atoms with van der Waals surface area (Å²) in [6.07, 6.45) is 2.74. The summed E-state index contributed by atoms with van der Waals surface area (Å²) in [5.74, 6) is -0.0406. The summed E-state index contributed by atoms with van der Waals surface area (Å²) in [7, 11) is 1.88. The molecule has 0 aliphatic heterocycles. The maximum absolute atomic E-state index is 12.4. The van der Waals surface area contributed by atoms with Crippen LogP contribution >= 0.6 is 11.8 Å². The van der Waals surface area contributed by atoms with Crippen LogP contribution in [-0.4, -0.2) is 34.1 Å². The van der Waals surface area contributed by atoms with Crippen LogP contribution in [0.1, 0.15) is 29.3 Å². The first kappa shape index (κ1) is 20.9. The number of hydrogen-bond acceptors (Lipinski definition) is 5. The van der Waals surface area contributed by atoms with E-state index >= 15 is 0 Å². The van der Waals surface area contributed by atoms with Gasteiger partial charge in [-0.3, -0.25) is 4.79 Å². The normalized spacial score (nSPS) is 10.9. The van der Waals surface area contributed by atoms with Crippen molar-refractivity contribution in [3.63, 3.8) is 0 Å². The molecule has 0 atom stereocenters. The number of carbonyl (C=O) groups is 1. The van der Waals surface area contributed by atoms with Crippen LogP contribution in [0.15, 0.2) is 70.7 Å². The van der Waals surface area contributed by atoms with E-state index in [9.17, 15) is 4.79 Å². The predicted molar refractivity (Wildman–Crippen MR) is 126 cm³/mol. The SMILES string of the molecule is CCCNC(=O)c1ccc(-c2cnc3c(NC)cc(Sc4ccccc4)nn23)cc1C. The van der Waals surface area contributed by atoms with E-state index in [-0.39, 0.29) is 5.91 Å². The monoisotopic (exact) mass is 431 g/mol. The van der Waals surface area contributed by atoms with Crippen LogP contribution in [0.25, 0.3) is 16.9 Å². The average Bonchev–Trinajstić information content (AvgIpc) is 3.21. The molecule has 1 amide bonds. The first-order chi connectivity index (χ1) is 15.1. The molecule has 6 nitrogen and oxygen atoms in total. The Hall–Kier alpha value is -3.32. The number of carbonyl (C=O) groups excluding carboxylic acids is 1. The maximum atomic E-state index is 12.4. The third kappa shape index (κ3) is 4.41. The molecule has 4 rings (SSSR count). The van der Waals surface area contributed by atoms with E-state index < -0.39 is 0 Å². The van der Waals surface area contributed by atoms with Crippen molar-refractivity contribution in [1.29, 1.82) is 0 Å². The van der Waals surface area contributed by atoms with Crippen molar-refractivity contribution in [2.24, 2.45) is 0 Å². The van der Waals surface area contributed by atoms with Crippen molar-refractivity contribution in [3.8, 4) is 11.3 Å². The summed E-state index contributed by atoms with van der Waals surface area (Å²) < 4.78 is 1.86. The lowest BCUT2D eigenvalue weighted by Gasteiger charge is -2.10. The Kier molecular flexibility index (Phi) is 6.23. The van der Waals surface area contributed by atoms with E-state index in [0.29, 0.717) is 12.1 Å². The Balaban J connectivity index is 1.73. The van der Waals surface area contributed by atoms with Gasteiger partial charge in [0, 0.05) is 29.6 Å². The molecule has 0 aliphatic rings. The van der Waals surface area contributed by atoms with Crippen LogP contribution in [0.4, 0.5) is 5.69 Å². The second-order valence-corrected chi connectivity index (χ2v) is 8.32. The van der Waals surface area contributed by atoms with Gasteiger partial charge in [-0.1, -0.05) is 43.0 Å². The van der Waals surface area contributed by atoms with Crippen LogP contribution in [0, 0.1) is 6.92 Å². The van der Waals surface area contributed by atoms with Crippen LogP contribution in [0.2, 0.25) is 0 Å². The first-order valence-electron chi connectivity index (χ1n) is 10.3. The summed E-state index contributed by atoms with van der Waals surface area (Å²) in [4.78, 5) is 18.1. The van der Waals surface area contributed by atoms with Crippen molar-refractivity contribution in [2.45, 2.75) is 30.2 Å². The molecule has 158 valence electrons. The van der Waals surface area contributed by atoms with Crippen molar-refractivity contribution < 1.29 is 4.79 Å². The van der Waals surface area contributed by atoms with Gasteiger partial charge in [0.2, 0.25) is 0 Å². The lowest BCUT2D eigenvalue weighted by molar-refractivity contribution is 0.0953. The lowest BCUT2D eigenvalue weighted by Crippen LogP contribution is -2.24. The van der Waals surface area contributed by atoms with E-state index in [2.05, 4.69) is 27.8 Å². The molecule has 0 aliphatic carbocycles. The molecule has 2 aromatic carbocycles. The van der Waals surface area contributed by atoms with Crippen LogP contribution < -0.4 is 10.6 Å². The van der Waals surface area contributed by atoms with Gasteiger partial charge in [-0.15, -0.1) is 0 Å². The number of rotatable bonds is 7. The Morgan fingerprint density at radius 1 is 1.13 bits per heavy atom. The molecule has 2 heterocycles. The average molecular weight is 432 g/mol. The number of nitrogens with zero attached hydrogens (tertiary/aromatic N) is 3. The quantitative estimate of drug-likeness (QED) is 0.429. The van der Waals surface area contributed by atoms with Crippen LogP contribution in [-0.2, 0) is 0 Å². The molecule has 31 heavy (non-hydrogen) atoms. The van der Waals surface area contributed by atoms with Gasteiger partial charge in [-0.25, -0.2) is 9.50 Å². The summed E-state index contributed by atoms with van der Waals surface area (Å²) in [5, 5.41) is 11.9. The highest BCUT2D eigenvalue weighted by atomic mass is 32.2. The summed E-state index contributed by atoms with van der Waals surface area (Å²) in [6, 6.07) is 18.0. The highest BCUT2D eigenvalue weighted by Crippen LogP contribution is 2.31. The minimum absolute atomic E-state index is 0.0406. The molecule has 0 spiro atoms. The van der Waals surface area contributed by atoms with E-state index in [1.165, 1.54) is 0 Å². The Labute approximate surface area is 186 Å². The van der Waals surface area contributed by atoms with Gasteiger partial charge in [0.1, 0.15) is 5.03 Å². The molecule has 2 aromatic heterocycles. The highest BCUT2D eigenvalue weighted by molar-refractivity contribution is 7.99. The molecule has 0 saturated heterocycles. The molecular weight excluding hydrogens is 406 g/mol. The number of aryl methyl sites for hydroxylation is 1. The summed E-state index contributed by atoms with van der Waals surface area (Å²) in [5.41, 5.74) is 5.13. The minimum atomic E-state index is -0.0406. The zero-order chi connectivity index (χ0) is 21.8. The third-order valence-electron chi connectivity index (χ3n) is 4.98. The van der Waals surface area contributed by atoms with Gasteiger partial charge in [0.15, 0.2) is 5.65 Å². The van der Waals surface area contributed by atoms with Gasteiger partial charge in [-0.2, -0.15) is 5.10 Å². The Morgan fingerprint density at radius 2 is 1.94 bits per heavy atom. The zero-order valence-corrected chi connectivity index (χ0v) is 18.7. The maximum Gasteiger partial charge on any atom is 0.251 e. The molecule has 2 N–H and O–H groups in total. The second-order valence-electron chi connectivity index (χ2n) is 7.23. The van der Waals surface area contributed by atoms with Crippen molar-refractivity contribution >= 4 is 29.0 Å². The molecule has 0 unspecified atom stereocenters. The fourth-order valence-corrected chi connectivity index (χ4v) is 4.23. The number of imidazole rings is 1. The second kappa shape index (κ2) is 9.22. The van der Waals surface area contributed by atoms with Gasteiger partial charge in [0.25, 0.3) is 5.91 Å².